The first-order chi connectivity index (χ1) is 8.84. The zero-order valence-corrected chi connectivity index (χ0v) is 10.7. The van der Waals surface area contributed by atoms with Crippen molar-refractivity contribution < 1.29 is 4.79 Å². The van der Waals surface area contributed by atoms with Crippen LogP contribution < -0.4 is 0 Å². The van der Waals surface area contributed by atoms with Crippen LogP contribution >= 0.6 is 0 Å². The van der Waals surface area contributed by atoms with Crippen molar-refractivity contribution in [3.05, 3.63) is 60.2 Å². The predicted octanol–water partition coefficient (Wildman–Crippen LogP) is 4.10. The number of carbonyl (C=O) groups excluding carboxylic acids is 1. The third-order valence-electron chi connectivity index (χ3n) is 3.37. The van der Waals surface area contributed by atoms with Gasteiger partial charge in [0, 0.05) is 6.42 Å². The number of carbonyl (C=O) groups is 1. The summed E-state index contributed by atoms with van der Waals surface area (Å²) >= 11 is 0. The highest BCUT2D eigenvalue weighted by Gasteiger charge is 2.07. The molecule has 1 atom stereocenters. The summed E-state index contributed by atoms with van der Waals surface area (Å²) in [5.74, 6) is 0.839. The van der Waals surface area contributed by atoms with E-state index < -0.39 is 0 Å². The SMILES string of the molecule is O=C1/C=C\C=C\C(Cc2ccccc2)CCCC1. The Morgan fingerprint density at radius 3 is 2.72 bits per heavy atom. The first-order valence-electron chi connectivity index (χ1n) is 6.76. The van der Waals surface area contributed by atoms with E-state index in [9.17, 15) is 4.79 Å². The monoisotopic (exact) mass is 240 g/mol. The van der Waals surface area contributed by atoms with Crippen LogP contribution in [0, 0.1) is 5.92 Å². The second kappa shape index (κ2) is 6.95. The highest BCUT2D eigenvalue weighted by molar-refractivity contribution is 5.89. The highest BCUT2D eigenvalue weighted by Crippen LogP contribution is 2.18. The van der Waals surface area contributed by atoms with Crippen LogP contribution in [0.1, 0.15) is 31.2 Å². The maximum absolute atomic E-state index is 11.4. The molecule has 0 aromatic heterocycles. The third kappa shape index (κ3) is 4.33. The molecule has 0 spiro atoms. The molecular weight excluding hydrogens is 220 g/mol. The van der Waals surface area contributed by atoms with Gasteiger partial charge < -0.3 is 0 Å². The summed E-state index contributed by atoms with van der Waals surface area (Å²) in [4.78, 5) is 11.4. The number of hydrogen-bond donors (Lipinski definition) is 0. The van der Waals surface area contributed by atoms with Gasteiger partial charge in [0.05, 0.1) is 0 Å². The van der Waals surface area contributed by atoms with Gasteiger partial charge in [-0.2, -0.15) is 0 Å². The van der Waals surface area contributed by atoms with Gasteiger partial charge in [0.15, 0.2) is 5.78 Å². The van der Waals surface area contributed by atoms with Crippen LogP contribution in [-0.4, -0.2) is 5.78 Å². The normalized spacial score (nSPS) is 24.4. The van der Waals surface area contributed by atoms with Gasteiger partial charge in [0.2, 0.25) is 0 Å². The molecule has 0 amide bonds. The second-order valence-electron chi connectivity index (χ2n) is 4.91. The Bertz CT molecular complexity index is 428. The Labute approximate surface area is 109 Å². The molecule has 0 heterocycles. The van der Waals surface area contributed by atoms with Gasteiger partial charge in [0.1, 0.15) is 0 Å². The van der Waals surface area contributed by atoms with Crippen LogP contribution in [0.5, 0.6) is 0 Å². The summed E-state index contributed by atoms with van der Waals surface area (Å²) in [5, 5.41) is 0. The van der Waals surface area contributed by atoms with E-state index in [1.807, 2.05) is 12.2 Å². The minimum Gasteiger partial charge on any atom is -0.295 e. The van der Waals surface area contributed by atoms with Crippen molar-refractivity contribution in [3.63, 3.8) is 0 Å². The lowest BCUT2D eigenvalue weighted by atomic mass is 9.92. The van der Waals surface area contributed by atoms with Crippen molar-refractivity contribution in [1.29, 1.82) is 0 Å². The molecule has 2 rings (SSSR count). The highest BCUT2D eigenvalue weighted by atomic mass is 16.1. The Morgan fingerprint density at radius 1 is 1.06 bits per heavy atom. The molecule has 1 nitrogen and oxygen atoms in total. The quantitative estimate of drug-likeness (QED) is 0.760. The lowest BCUT2D eigenvalue weighted by molar-refractivity contribution is -0.114. The van der Waals surface area contributed by atoms with Crippen LogP contribution in [0.2, 0.25) is 0 Å². The number of benzene rings is 1. The van der Waals surface area contributed by atoms with Crippen LogP contribution in [0.3, 0.4) is 0 Å². The van der Waals surface area contributed by atoms with E-state index >= 15 is 0 Å². The molecule has 0 bridgehead atoms. The molecular formula is C17H20O. The first-order valence-corrected chi connectivity index (χ1v) is 6.76. The summed E-state index contributed by atoms with van der Waals surface area (Å²) < 4.78 is 0. The van der Waals surface area contributed by atoms with Crippen molar-refractivity contribution in [2.45, 2.75) is 32.1 Å². The molecule has 0 saturated heterocycles. The van der Waals surface area contributed by atoms with E-state index in [0.29, 0.717) is 12.3 Å². The fourth-order valence-corrected chi connectivity index (χ4v) is 2.36. The lowest BCUT2D eigenvalue weighted by Crippen LogP contribution is -2.03. The Morgan fingerprint density at radius 2 is 1.89 bits per heavy atom. The number of rotatable bonds is 2. The minimum absolute atomic E-state index is 0.251. The van der Waals surface area contributed by atoms with E-state index in [2.05, 4.69) is 36.4 Å². The van der Waals surface area contributed by atoms with E-state index in [1.54, 1.807) is 6.08 Å². The van der Waals surface area contributed by atoms with E-state index in [4.69, 9.17) is 0 Å². The number of ketones is 1. The molecule has 0 N–H and O–H groups in total. The molecule has 1 unspecified atom stereocenters. The van der Waals surface area contributed by atoms with Crippen LogP contribution in [0.25, 0.3) is 0 Å². The van der Waals surface area contributed by atoms with E-state index in [-0.39, 0.29) is 5.78 Å². The maximum atomic E-state index is 11.4. The number of allylic oxidation sites excluding steroid dienone is 4. The zero-order valence-electron chi connectivity index (χ0n) is 10.7. The van der Waals surface area contributed by atoms with Gasteiger partial charge in [0.25, 0.3) is 0 Å². The molecule has 1 aliphatic rings. The van der Waals surface area contributed by atoms with Gasteiger partial charge in [-0.25, -0.2) is 0 Å². The largest absolute Gasteiger partial charge is 0.295 e. The summed E-state index contributed by atoms with van der Waals surface area (Å²) in [6.07, 6.45) is 13.0. The fourth-order valence-electron chi connectivity index (χ4n) is 2.36. The first kappa shape index (κ1) is 12.8. The van der Waals surface area contributed by atoms with Crippen molar-refractivity contribution in [3.8, 4) is 0 Å². The summed E-state index contributed by atoms with van der Waals surface area (Å²) in [6, 6.07) is 10.6. The molecule has 0 aliphatic heterocycles. The predicted molar refractivity (Wildman–Crippen MR) is 75.4 cm³/mol. The maximum Gasteiger partial charge on any atom is 0.155 e. The molecule has 94 valence electrons. The molecule has 0 fully saturated rings. The summed E-state index contributed by atoms with van der Waals surface area (Å²) in [6.45, 7) is 0. The molecule has 0 saturated carbocycles. The van der Waals surface area contributed by atoms with Crippen molar-refractivity contribution in [2.75, 3.05) is 0 Å². The van der Waals surface area contributed by atoms with Crippen LogP contribution in [-0.2, 0) is 11.2 Å². The smallest absolute Gasteiger partial charge is 0.155 e. The molecule has 0 radical (unpaired) electrons. The van der Waals surface area contributed by atoms with Crippen molar-refractivity contribution in [2.24, 2.45) is 5.92 Å². The van der Waals surface area contributed by atoms with Gasteiger partial charge >= 0.3 is 0 Å². The molecule has 1 aromatic rings. The van der Waals surface area contributed by atoms with Crippen molar-refractivity contribution in [1.82, 2.24) is 0 Å². The minimum atomic E-state index is 0.251. The van der Waals surface area contributed by atoms with Gasteiger partial charge in [-0.15, -0.1) is 0 Å². The standard InChI is InChI=1S/C17H20O/c18-17-12-6-4-10-16(11-5-7-13-17)14-15-8-2-1-3-9-15/h1-4,6,8-10,12,16H,5,7,11,13-14H2/b10-4+,12-6-. The van der Waals surface area contributed by atoms with E-state index in [0.717, 1.165) is 19.3 Å². The molecule has 1 aliphatic carbocycles. The van der Waals surface area contributed by atoms with E-state index in [1.165, 1.54) is 12.0 Å². The Hall–Kier alpha value is -1.63. The average Bonchev–Trinajstić information content (AvgIpc) is 2.40. The summed E-state index contributed by atoms with van der Waals surface area (Å²) in [5.41, 5.74) is 1.39. The van der Waals surface area contributed by atoms with Crippen LogP contribution in [0.4, 0.5) is 0 Å². The van der Waals surface area contributed by atoms with Crippen molar-refractivity contribution >= 4 is 5.78 Å². The second-order valence-corrected chi connectivity index (χ2v) is 4.91. The summed E-state index contributed by atoms with van der Waals surface area (Å²) in [7, 11) is 0. The fraction of sp³-hybridized carbons (Fsp3) is 0.353. The van der Waals surface area contributed by atoms with Gasteiger partial charge in [-0.3, -0.25) is 4.79 Å². The molecule has 18 heavy (non-hydrogen) atoms. The van der Waals surface area contributed by atoms with Gasteiger partial charge in [-0.05, 0) is 36.8 Å². The third-order valence-corrected chi connectivity index (χ3v) is 3.37. The Balaban J connectivity index is 2.00. The lowest BCUT2D eigenvalue weighted by Gasteiger charge is -2.13. The zero-order chi connectivity index (χ0) is 12.6. The molecule has 1 heteroatoms. The van der Waals surface area contributed by atoms with Gasteiger partial charge in [-0.1, -0.05) is 55.0 Å². The number of hydrogen-bond acceptors (Lipinski definition) is 1. The Kier molecular flexibility index (Phi) is 4.95. The van der Waals surface area contributed by atoms with Crippen LogP contribution in [0.15, 0.2) is 54.6 Å². The topological polar surface area (TPSA) is 17.1 Å². The molecule has 1 aromatic carbocycles. The average molecular weight is 240 g/mol.